The number of aliphatic carboxylic acids is 1. The minimum atomic E-state index is -0.935. The van der Waals surface area contributed by atoms with Crippen molar-refractivity contribution in [3.05, 3.63) is 70.2 Å². The fourth-order valence-electron chi connectivity index (χ4n) is 3.49. The van der Waals surface area contributed by atoms with Crippen LogP contribution in [0.3, 0.4) is 0 Å². The van der Waals surface area contributed by atoms with Gasteiger partial charge in [0, 0.05) is 24.0 Å². The lowest BCUT2D eigenvalue weighted by Gasteiger charge is -2.14. The number of nitrogens with zero attached hydrogens (tertiary/aromatic N) is 2. The fourth-order valence-corrected chi connectivity index (χ4v) is 3.49. The number of carboxylic acid groups (broad SMARTS) is 1. The highest BCUT2D eigenvalue weighted by molar-refractivity contribution is 5.96. The predicted molar refractivity (Wildman–Crippen MR) is 108 cm³/mol. The van der Waals surface area contributed by atoms with Gasteiger partial charge >= 0.3 is 5.97 Å². The predicted octanol–water partition coefficient (Wildman–Crippen LogP) is 3.37. The van der Waals surface area contributed by atoms with Crippen LogP contribution in [0.5, 0.6) is 0 Å². The van der Waals surface area contributed by atoms with Crippen LogP contribution in [0.25, 0.3) is 5.82 Å². The number of aromatic nitrogens is 2. The Morgan fingerprint density at radius 3 is 2.55 bits per heavy atom. The molecule has 0 saturated carbocycles. The summed E-state index contributed by atoms with van der Waals surface area (Å²) in [6.07, 6.45) is 0.356. The molecule has 2 N–H and O–H groups in total. The van der Waals surface area contributed by atoms with Crippen LogP contribution in [0, 0.1) is 33.6 Å². The molecule has 1 unspecified atom stereocenters. The van der Waals surface area contributed by atoms with Gasteiger partial charge in [0.1, 0.15) is 5.76 Å². The van der Waals surface area contributed by atoms with E-state index < -0.39 is 11.9 Å². The van der Waals surface area contributed by atoms with E-state index in [1.807, 2.05) is 49.6 Å². The lowest BCUT2D eigenvalue weighted by atomic mass is 9.98. The number of carbonyl (C=O) groups is 2. The molecule has 0 radical (unpaired) electrons. The van der Waals surface area contributed by atoms with Crippen molar-refractivity contribution in [3.63, 3.8) is 0 Å². The SMILES string of the molecule is Cc1cccc(CC(CNC(=O)c2cc(C)n(-c3cc(C)on3)c2C)C(=O)O)c1. The van der Waals surface area contributed by atoms with Crippen molar-refractivity contribution in [1.82, 2.24) is 15.0 Å². The van der Waals surface area contributed by atoms with Crippen LogP contribution in [0.4, 0.5) is 0 Å². The highest BCUT2D eigenvalue weighted by Gasteiger charge is 2.22. The third-order valence-corrected chi connectivity index (χ3v) is 4.94. The van der Waals surface area contributed by atoms with Gasteiger partial charge in [-0.15, -0.1) is 0 Å². The molecule has 2 heterocycles. The maximum atomic E-state index is 12.7. The first-order valence-corrected chi connectivity index (χ1v) is 9.45. The molecule has 1 amide bonds. The molecule has 29 heavy (non-hydrogen) atoms. The summed E-state index contributed by atoms with van der Waals surface area (Å²) >= 11 is 0. The summed E-state index contributed by atoms with van der Waals surface area (Å²) in [6.45, 7) is 7.53. The summed E-state index contributed by atoms with van der Waals surface area (Å²) in [5.74, 6) is -0.656. The van der Waals surface area contributed by atoms with E-state index in [0.717, 1.165) is 22.5 Å². The molecule has 0 spiro atoms. The maximum absolute atomic E-state index is 12.7. The quantitative estimate of drug-likeness (QED) is 0.639. The molecule has 0 fully saturated rings. The number of hydrogen-bond donors (Lipinski definition) is 2. The Balaban J connectivity index is 1.73. The Morgan fingerprint density at radius 1 is 1.17 bits per heavy atom. The number of carbonyl (C=O) groups excluding carboxylic acids is 1. The second kappa shape index (κ2) is 8.34. The topological polar surface area (TPSA) is 97.4 Å². The van der Waals surface area contributed by atoms with E-state index in [9.17, 15) is 14.7 Å². The van der Waals surface area contributed by atoms with E-state index in [1.165, 1.54) is 0 Å². The second-order valence-corrected chi connectivity index (χ2v) is 7.35. The molecule has 3 aromatic rings. The third-order valence-electron chi connectivity index (χ3n) is 4.94. The number of nitrogens with one attached hydrogen (secondary N) is 1. The van der Waals surface area contributed by atoms with Gasteiger partial charge in [0.15, 0.2) is 5.82 Å². The van der Waals surface area contributed by atoms with Crippen molar-refractivity contribution in [2.45, 2.75) is 34.1 Å². The van der Waals surface area contributed by atoms with Crippen LogP contribution in [0.1, 0.15) is 38.6 Å². The van der Waals surface area contributed by atoms with Gasteiger partial charge in [-0.2, -0.15) is 0 Å². The zero-order valence-corrected chi connectivity index (χ0v) is 17.0. The van der Waals surface area contributed by atoms with E-state index in [-0.39, 0.29) is 12.5 Å². The number of aryl methyl sites for hydroxylation is 3. The molecule has 3 rings (SSSR count). The summed E-state index contributed by atoms with van der Waals surface area (Å²) in [6, 6.07) is 11.3. The summed E-state index contributed by atoms with van der Waals surface area (Å²) in [5.41, 5.74) is 4.06. The van der Waals surface area contributed by atoms with Crippen molar-refractivity contribution >= 4 is 11.9 Å². The third kappa shape index (κ3) is 4.56. The zero-order valence-electron chi connectivity index (χ0n) is 17.0. The van der Waals surface area contributed by atoms with Gasteiger partial charge in [-0.3, -0.25) is 14.2 Å². The Morgan fingerprint density at radius 2 is 1.93 bits per heavy atom. The van der Waals surface area contributed by atoms with Crippen LogP contribution >= 0.6 is 0 Å². The molecular formula is C22H25N3O4. The Labute approximate surface area is 169 Å². The Bertz CT molecular complexity index is 1050. The van der Waals surface area contributed by atoms with Gasteiger partial charge in [0.25, 0.3) is 5.91 Å². The second-order valence-electron chi connectivity index (χ2n) is 7.35. The first-order valence-electron chi connectivity index (χ1n) is 9.45. The van der Waals surface area contributed by atoms with Crippen LogP contribution in [-0.2, 0) is 11.2 Å². The number of amides is 1. The normalized spacial score (nSPS) is 12.0. The highest BCUT2D eigenvalue weighted by Crippen LogP contribution is 2.21. The van der Waals surface area contributed by atoms with Crippen molar-refractivity contribution < 1.29 is 19.2 Å². The maximum Gasteiger partial charge on any atom is 0.308 e. The molecule has 1 aromatic carbocycles. The molecule has 7 heteroatoms. The van der Waals surface area contributed by atoms with E-state index in [0.29, 0.717) is 23.6 Å². The minimum absolute atomic E-state index is 0.0504. The van der Waals surface area contributed by atoms with E-state index in [1.54, 1.807) is 19.1 Å². The molecule has 0 bridgehead atoms. The molecular weight excluding hydrogens is 370 g/mol. The zero-order chi connectivity index (χ0) is 21.1. The molecule has 152 valence electrons. The van der Waals surface area contributed by atoms with Gasteiger partial charge in [0.2, 0.25) is 0 Å². The lowest BCUT2D eigenvalue weighted by Crippen LogP contribution is -2.34. The number of benzene rings is 1. The summed E-state index contributed by atoms with van der Waals surface area (Å²) in [7, 11) is 0. The molecule has 0 aliphatic carbocycles. The monoisotopic (exact) mass is 395 g/mol. The summed E-state index contributed by atoms with van der Waals surface area (Å²) in [5, 5.41) is 16.4. The lowest BCUT2D eigenvalue weighted by molar-refractivity contribution is -0.141. The molecule has 2 aromatic heterocycles. The molecule has 0 aliphatic rings. The van der Waals surface area contributed by atoms with Crippen LogP contribution in [0.2, 0.25) is 0 Å². The van der Waals surface area contributed by atoms with Crippen LogP contribution in [-0.4, -0.2) is 33.3 Å². The Hall–Kier alpha value is -3.35. The summed E-state index contributed by atoms with van der Waals surface area (Å²) in [4.78, 5) is 24.4. The molecule has 7 nitrogen and oxygen atoms in total. The van der Waals surface area contributed by atoms with Crippen LogP contribution in [0.15, 0.2) is 40.9 Å². The Kier molecular flexibility index (Phi) is 5.87. The van der Waals surface area contributed by atoms with Crippen molar-refractivity contribution in [3.8, 4) is 5.82 Å². The average molecular weight is 395 g/mol. The van der Waals surface area contributed by atoms with E-state index >= 15 is 0 Å². The van der Waals surface area contributed by atoms with Gasteiger partial charge in [-0.25, -0.2) is 0 Å². The first kappa shape index (κ1) is 20.4. The van der Waals surface area contributed by atoms with E-state index in [4.69, 9.17) is 4.52 Å². The fraction of sp³-hybridized carbons (Fsp3) is 0.318. The number of carboxylic acids is 1. The smallest absolute Gasteiger partial charge is 0.308 e. The van der Waals surface area contributed by atoms with Crippen LogP contribution < -0.4 is 5.32 Å². The largest absolute Gasteiger partial charge is 0.481 e. The van der Waals surface area contributed by atoms with Crippen molar-refractivity contribution in [1.29, 1.82) is 0 Å². The molecule has 0 aliphatic heterocycles. The average Bonchev–Trinajstić information content (AvgIpc) is 3.20. The standard InChI is InChI=1S/C22H25N3O4/c1-13-6-5-7-17(8-13)11-18(22(27)28)12-23-21(26)19-9-14(2)25(16(19)4)20-10-15(3)29-24-20/h5-10,18H,11-12H2,1-4H3,(H,23,26)(H,27,28). The van der Waals surface area contributed by atoms with Gasteiger partial charge in [-0.05, 0) is 45.7 Å². The number of rotatable bonds is 7. The minimum Gasteiger partial charge on any atom is -0.481 e. The van der Waals surface area contributed by atoms with Crippen molar-refractivity contribution in [2.24, 2.45) is 5.92 Å². The molecule has 1 atom stereocenters. The van der Waals surface area contributed by atoms with Crippen molar-refractivity contribution in [2.75, 3.05) is 6.54 Å². The van der Waals surface area contributed by atoms with E-state index in [2.05, 4.69) is 10.5 Å². The van der Waals surface area contributed by atoms with Gasteiger partial charge < -0.3 is 14.9 Å². The summed E-state index contributed by atoms with van der Waals surface area (Å²) < 4.78 is 6.97. The van der Waals surface area contributed by atoms with Gasteiger partial charge in [-0.1, -0.05) is 35.0 Å². The van der Waals surface area contributed by atoms with Gasteiger partial charge in [0.05, 0.1) is 11.5 Å². The number of hydrogen-bond acceptors (Lipinski definition) is 4. The highest BCUT2D eigenvalue weighted by atomic mass is 16.5. The molecule has 0 saturated heterocycles. The first-order chi connectivity index (χ1) is 13.8.